The summed E-state index contributed by atoms with van der Waals surface area (Å²) in [4.78, 5) is 2.51. The number of nitrogens with zero attached hydrogens (tertiary/aromatic N) is 1. The Balaban J connectivity index is 1.43. The monoisotopic (exact) mass is 291 g/mol. The number of para-hydroxylation sites is 1. The van der Waals surface area contributed by atoms with Gasteiger partial charge in [-0.1, -0.05) is 60.7 Å². The second-order valence-corrected chi connectivity index (χ2v) is 6.24. The topological polar surface area (TPSA) is 12.5 Å². The molecule has 0 amide bonds. The average Bonchev–Trinajstić information content (AvgIpc) is 2.56. The van der Waals surface area contributed by atoms with Crippen molar-refractivity contribution >= 4 is 6.08 Å². The molecule has 2 unspecified atom stereocenters. The molecule has 2 nitrogen and oxygen atoms in total. The number of benzene rings is 2. The maximum Gasteiger partial charge on any atom is 0.123 e. The molecule has 2 aromatic carbocycles. The second kappa shape index (κ2) is 5.98. The molecule has 2 aliphatic rings. The van der Waals surface area contributed by atoms with Gasteiger partial charge in [0, 0.05) is 25.6 Å². The fraction of sp³-hybridized carbons (Fsp3) is 0.300. The van der Waals surface area contributed by atoms with Crippen LogP contribution in [0.25, 0.3) is 6.08 Å². The Morgan fingerprint density at radius 2 is 1.82 bits per heavy atom. The van der Waals surface area contributed by atoms with Gasteiger partial charge in [0.1, 0.15) is 11.9 Å². The van der Waals surface area contributed by atoms with Gasteiger partial charge in [-0.3, -0.25) is 4.90 Å². The highest BCUT2D eigenvalue weighted by molar-refractivity contribution is 5.48. The van der Waals surface area contributed by atoms with Crippen molar-refractivity contribution in [1.29, 1.82) is 0 Å². The highest BCUT2D eigenvalue weighted by Gasteiger charge is 2.34. The summed E-state index contributed by atoms with van der Waals surface area (Å²) < 4.78 is 6.13. The molecule has 0 aromatic heterocycles. The van der Waals surface area contributed by atoms with E-state index < -0.39 is 0 Å². The molecule has 0 aliphatic carbocycles. The van der Waals surface area contributed by atoms with E-state index in [0.717, 1.165) is 31.8 Å². The molecule has 2 atom stereocenters. The lowest BCUT2D eigenvalue weighted by Gasteiger charge is -2.42. The van der Waals surface area contributed by atoms with E-state index in [1.807, 2.05) is 0 Å². The molecular weight excluding hydrogens is 270 g/mol. The van der Waals surface area contributed by atoms with E-state index in [-0.39, 0.29) is 0 Å². The number of hydrogen-bond donors (Lipinski definition) is 0. The van der Waals surface area contributed by atoms with Gasteiger partial charge in [0.25, 0.3) is 0 Å². The van der Waals surface area contributed by atoms with Crippen LogP contribution in [0.5, 0.6) is 5.75 Å². The van der Waals surface area contributed by atoms with E-state index in [2.05, 4.69) is 71.6 Å². The first kappa shape index (κ1) is 13.6. The predicted molar refractivity (Wildman–Crippen MR) is 90.1 cm³/mol. The van der Waals surface area contributed by atoms with Gasteiger partial charge in [0.2, 0.25) is 0 Å². The van der Waals surface area contributed by atoms with Gasteiger partial charge >= 0.3 is 0 Å². The number of piperidine rings is 1. The molecular formula is C20H21NO. The van der Waals surface area contributed by atoms with Crippen molar-refractivity contribution in [2.24, 2.45) is 0 Å². The van der Waals surface area contributed by atoms with Gasteiger partial charge in [0.15, 0.2) is 0 Å². The average molecular weight is 291 g/mol. The number of likely N-dealkylation sites (tertiary alicyclic amines) is 1. The summed E-state index contributed by atoms with van der Waals surface area (Å²) in [5.41, 5.74) is 2.65. The first-order valence-electron chi connectivity index (χ1n) is 8.08. The summed E-state index contributed by atoms with van der Waals surface area (Å²) >= 11 is 0. The molecule has 0 radical (unpaired) electrons. The Labute approximate surface area is 132 Å². The molecule has 0 saturated carbocycles. The lowest BCUT2D eigenvalue weighted by molar-refractivity contribution is 0.0635. The van der Waals surface area contributed by atoms with Crippen molar-refractivity contribution in [2.45, 2.75) is 18.4 Å². The van der Waals surface area contributed by atoms with Crippen LogP contribution in [0.3, 0.4) is 0 Å². The highest BCUT2D eigenvalue weighted by atomic mass is 16.5. The molecule has 2 aliphatic heterocycles. The zero-order chi connectivity index (χ0) is 14.8. The second-order valence-electron chi connectivity index (χ2n) is 6.24. The number of rotatable bonds is 3. The molecule has 1 saturated heterocycles. The highest BCUT2D eigenvalue weighted by Crippen LogP contribution is 2.39. The van der Waals surface area contributed by atoms with Gasteiger partial charge in [-0.15, -0.1) is 0 Å². The fourth-order valence-corrected chi connectivity index (χ4v) is 3.61. The lowest BCUT2D eigenvalue weighted by Crippen LogP contribution is -2.47. The zero-order valence-electron chi connectivity index (χ0n) is 12.7. The lowest BCUT2D eigenvalue weighted by atomic mass is 9.86. The van der Waals surface area contributed by atoms with Gasteiger partial charge in [-0.2, -0.15) is 0 Å². The molecule has 2 heterocycles. The smallest absolute Gasteiger partial charge is 0.123 e. The Morgan fingerprint density at radius 3 is 2.73 bits per heavy atom. The van der Waals surface area contributed by atoms with E-state index in [1.54, 1.807) is 0 Å². The van der Waals surface area contributed by atoms with E-state index in [1.165, 1.54) is 11.1 Å². The van der Waals surface area contributed by atoms with E-state index in [4.69, 9.17) is 4.74 Å². The van der Waals surface area contributed by atoms with Crippen LogP contribution in [0.15, 0.2) is 60.7 Å². The van der Waals surface area contributed by atoms with Crippen molar-refractivity contribution in [3.8, 4) is 5.75 Å². The molecule has 112 valence electrons. The minimum absolute atomic E-state index is 0.346. The summed E-state index contributed by atoms with van der Waals surface area (Å²) in [6, 6.07) is 19.0. The molecule has 22 heavy (non-hydrogen) atoms. The Bertz CT molecular complexity index is 664. The Morgan fingerprint density at radius 1 is 1.00 bits per heavy atom. The van der Waals surface area contributed by atoms with Crippen molar-refractivity contribution in [3.05, 3.63) is 71.8 Å². The SMILES string of the molecule is C(=Cc1ccccc1)CN1CC2CC(C1)c1ccccc1O2. The third-order valence-corrected chi connectivity index (χ3v) is 4.61. The third kappa shape index (κ3) is 2.79. The minimum atomic E-state index is 0.346. The quantitative estimate of drug-likeness (QED) is 0.849. The Hall–Kier alpha value is -2.06. The van der Waals surface area contributed by atoms with Crippen molar-refractivity contribution in [1.82, 2.24) is 4.90 Å². The van der Waals surface area contributed by atoms with E-state index in [9.17, 15) is 0 Å². The van der Waals surface area contributed by atoms with E-state index >= 15 is 0 Å². The third-order valence-electron chi connectivity index (χ3n) is 4.61. The molecule has 0 spiro atoms. The maximum absolute atomic E-state index is 6.13. The molecule has 2 aromatic rings. The summed E-state index contributed by atoms with van der Waals surface area (Å²) in [5.74, 6) is 1.72. The Kier molecular flexibility index (Phi) is 3.69. The molecule has 2 bridgehead atoms. The maximum atomic E-state index is 6.13. The van der Waals surface area contributed by atoms with E-state index in [0.29, 0.717) is 12.0 Å². The standard InChI is InChI=1S/C20H21NO/c1-2-7-16(8-3-1)9-6-12-21-14-17-13-18(15-21)22-20-11-5-4-10-19(17)20/h1-11,17-18H,12-15H2. The predicted octanol–water partition coefficient (Wildman–Crippen LogP) is 3.95. The van der Waals surface area contributed by atoms with Gasteiger partial charge in [0.05, 0.1) is 0 Å². The first-order valence-corrected chi connectivity index (χ1v) is 8.08. The van der Waals surface area contributed by atoms with Crippen LogP contribution in [0.2, 0.25) is 0 Å². The van der Waals surface area contributed by atoms with Crippen LogP contribution in [-0.2, 0) is 0 Å². The molecule has 4 rings (SSSR count). The normalized spacial score (nSPS) is 24.0. The van der Waals surface area contributed by atoms with Gasteiger partial charge in [-0.05, 0) is 23.6 Å². The van der Waals surface area contributed by atoms with Crippen LogP contribution in [-0.4, -0.2) is 30.6 Å². The summed E-state index contributed by atoms with van der Waals surface area (Å²) in [7, 11) is 0. The molecule has 1 fully saturated rings. The number of fused-ring (bicyclic) bond motifs is 4. The van der Waals surface area contributed by atoms with Crippen molar-refractivity contribution in [2.75, 3.05) is 19.6 Å². The molecule has 2 heteroatoms. The fourth-order valence-electron chi connectivity index (χ4n) is 3.61. The van der Waals surface area contributed by atoms with Gasteiger partial charge in [-0.25, -0.2) is 0 Å². The van der Waals surface area contributed by atoms with Crippen LogP contribution in [0, 0.1) is 0 Å². The summed E-state index contributed by atoms with van der Waals surface area (Å²) in [5, 5.41) is 0. The molecule has 0 N–H and O–H groups in total. The van der Waals surface area contributed by atoms with Crippen LogP contribution < -0.4 is 4.74 Å². The van der Waals surface area contributed by atoms with Gasteiger partial charge < -0.3 is 4.74 Å². The van der Waals surface area contributed by atoms with Crippen molar-refractivity contribution < 1.29 is 4.74 Å². The summed E-state index contributed by atoms with van der Waals surface area (Å²) in [6.07, 6.45) is 5.98. The largest absolute Gasteiger partial charge is 0.489 e. The van der Waals surface area contributed by atoms with Crippen LogP contribution in [0.1, 0.15) is 23.5 Å². The van der Waals surface area contributed by atoms with Crippen molar-refractivity contribution in [3.63, 3.8) is 0 Å². The number of ether oxygens (including phenoxy) is 1. The first-order chi connectivity index (χ1) is 10.9. The van der Waals surface area contributed by atoms with Crippen LogP contribution in [0.4, 0.5) is 0 Å². The number of hydrogen-bond acceptors (Lipinski definition) is 2. The van der Waals surface area contributed by atoms with Crippen LogP contribution >= 0.6 is 0 Å². The zero-order valence-corrected chi connectivity index (χ0v) is 12.7. The minimum Gasteiger partial charge on any atom is -0.489 e. The summed E-state index contributed by atoms with van der Waals surface area (Å²) in [6.45, 7) is 3.16.